The Hall–Kier alpha value is -0.540. The summed E-state index contributed by atoms with van der Waals surface area (Å²) < 4.78 is 1.17. The molecule has 3 heteroatoms. The SMILES string of the molecule is Brc1ccc2c(c1)C(NC1CC1)CCN2. The van der Waals surface area contributed by atoms with Crippen LogP contribution in [0, 0.1) is 0 Å². The molecule has 1 saturated carbocycles. The number of rotatable bonds is 2. The molecule has 1 aliphatic heterocycles. The van der Waals surface area contributed by atoms with Gasteiger partial charge in [-0.15, -0.1) is 0 Å². The molecule has 2 nitrogen and oxygen atoms in total. The van der Waals surface area contributed by atoms with Crippen LogP contribution in [0.2, 0.25) is 0 Å². The first kappa shape index (κ1) is 9.67. The Morgan fingerprint density at radius 1 is 1.27 bits per heavy atom. The van der Waals surface area contributed by atoms with Crippen molar-refractivity contribution >= 4 is 21.6 Å². The zero-order chi connectivity index (χ0) is 10.3. The van der Waals surface area contributed by atoms with E-state index in [0.717, 1.165) is 12.6 Å². The maximum Gasteiger partial charge on any atom is 0.0389 e. The highest BCUT2D eigenvalue weighted by Gasteiger charge is 2.27. The van der Waals surface area contributed by atoms with E-state index in [0.29, 0.717) is 6.04 Å². The number of hydrogen-bond acceptors (Lipinski definition) is 2. The van der Waals surface area contributed by atoms with Crippen LogP contribution in [0.3, 0.4) is 0 Å². The van der Waals surface area contributed by atoms with Crippen LogP contribution in [0.1, 0.15) is 30.9 Å². The third-order valence-corrected chi connectivity index (χ3v) is 3.64. The van der Waals surface area contributed by atoms with E-state index in [2.05, 4.69) is 44.8 Å². The van der Waals surface area contributed by atoms with Gasteiger partial charge in [-0.3, -0.25) is 0 Å². The molecular formula is C12H15BrN2. The van der Waals surface area contributed by atoms with Crippen LogP contribution >= 0.6 is 15.9 Å². The van der Waals surface area contributed by atoms with Gasteiger partial charge in [-0.1, -0.05) is 15.9 Å². The van der Waals surface area contributed by atoms with E-state index in [-0.39, 0.29) is 0 Å². The zero-order valence-electron chi connectivity index (χ0n) is 8.59. The minimum absolute atomic E-state index is 0.547. The summed E-state index contributed by atoms with van der Waals surface area (Å²) in [5, 5.41) is 7.17. The molecule has 1 aromatic carbocycles. The van der Waals surface area contributed by atoms with E-state index >= 15 is 0 Å². The van der Waals surface area contributed by atoms with Gasteiger partial charge in [0.2, 0.25) is 0 Å². The highest BCUT2D eigenvalue weighted by molar-refractivity contribution is 9.10. The molecule has 1 unspecified atom stereocenters. The lowest BCUT2D eigenvalue weighted by atomic mass is 9.98. The first-order chi connectivity index (χ1) is 7.33. The summed E-state index contributed by atoms with van der Waals surface area (Å²) in [5.74, 6) is 0. The summed E-state index contributed by atoms with van der Waals surface area (Å²) in [6.07, 6.45) is 3.90. The summed E-state index contributed by atoms with van der Waals surface area (Å²) in [4.78, 5) is 0. The maximum absolute atomic E-state index is 3.72. The molecule has 0 spiro atoms. The van der Waals surface area contributed by atoms with Gasteiger partial charge in [0.15, 0.2) is 0 Å². The van der Waals surface area contributed by atoms with Gasteiger partial charge in [0.25, 0.3) is 0 Å². The van der Waals surface area contributed by atoms with E-state index in [1.54, 1.807) is 0 Å². The fraction of sp³-hybridized carbons (Fsp3) is 0.500. The molecular weight excluding hydrogens is 252 g/mol. The molecule has 80 valence electrons. The third-order valence-electron chi connectivity index (χ3n) is 3.15. The molecule has 0 saturated heterocycles. The molecule has 2 aliphatic rings. The van der Waals surface area contributed by atoms with Crippen molar-refractivity contribution in [2.24, 2.45) is 0 Å². The van der Waals surface area contributed by atoms with Crippen molar-refractivity contribution in [1.82, 2.24) is 5.32 Å². The van der Waals surface area contributed by atoms with Crippen molar-refractivity contribution in [1.29, 1.82) is 0 Å². The van der Waals surface area contributed by atoms with Gasteiger partial charge >= 0.3 is 0 Å². The number of fused-ring (bicyclic) bond motifs is 1. The number of nitrogens with one attached hydrogen (secondary N) is 2. The van der Waals surface area contributed by atoms with Gasteiger partial charge < -0.3 is 10.6 Å². The topological polar surface area (TPSA) is 24.1 Å². The van der Waals surface area contributed by atoms with Crippen molar-refractivity contribution in [3.05, 3.63) is 28.2 Å². The fourth-order valence-electron chi connectivity index (χ4n) is 2.20. The van der Waals surface area contributed by atoms with Crippen LogP contribution in [0.4, 0.5) is 5.69 Å². The van der Waals surface area contributed by atoms with Crippen LogP contribution in [0.5, 0.6) is 0 Å². The number of hydrogen-bond donors (Lipinski definition) is 2. The highest BCUT2D eigenvalue weighted by atomic mass is 79.9. The van der Waals surface area contributed by atoms with Crippen LogP contribution in [0.15, 0.2) is 22.7 Å². The van der Waals surface area contributed by atoms with Crippen molar-refractivity contribution in [2.45, 2.75) is 31.3 Å². The second-order valence-electron chi connectivity index (χ2n) is 4.44. The standard InChI is InChI=1S/C12H15BrN2/c13-8-1-4-11-10(7-8)12(5-6-14-11)15-9-2-3-9/h1,4,7,9,12,14-15H,2-3,5-6H2. The van der Waals surface area contributed by atoms with Gasteiger partial charge in [0, 0.05) is 28.8 Å². The van der Waals surface area contributed by atoms with Crippen molar-refractivity contribution in [3.63, 3.8) is 0 Å². The Bertz CT molecular complexity index is 374. The highest BCUT2D eigenvalue weighted by Crippen LogP contribution is 2.34. The van der Waals surface area contributed by atoms with Crippen molar-refractivity contribution < 1.29 is 0 Å². The molecule has 1 aromatic rings. The lowest BCUT2D eigenvalue weighted by molar-refractivity contribution is 0.498. The maximum atomic E-state index is 3.72. The van der Waals surface area contributed by atoms with E-state index in [4.69, 9.17) is 0 Å². The second kappa shape index (κ2) is 3.80. The summed E-state index contributed by atoms with van der Waals surface area (Å²) in [5.41, 5.74) is 2.71. The molecule has 0 aromatic heterocycles. The van der Waals surface area contributed by atoms with Crippen LogP contribution in [-0.4, -0.2) is 12.6 Å². The first-order valence-electron chi connectivity index (χ1n) is 5.62. The predicted octanol–water partition coefficient (Wildman–Crippen LogP) is 3.06. The zero-order valence-corrected chi connectivity index (χ0v) is 10.2. The summed E-state index contributed by atoms with van der Waals surface area (Å²) in [6, 6.07) is 7.83. The predicted molar refractivity (Wildman–Crippen MR) is 66.1 cm³/mol. The summed E-state index contributed by atoms with van der Waals surface area (Å²) in [6.45, 7) is 1.08. The largest absolute Gasteiger partial charge is 0.385 e. The molecule has 0 radical (unpaired) electrons. The van der Waals surface area contributed by atoms with Crippen LogP contribution in [0.25, 0.3) is 0 Å². The Labute approximate surface area is 98.6 Å². The van der Waals surface area contributed by atoms with Gasteiger partial charge in [-0.05, 0) is 43.0 Å². The molecule has 1 aliphatic carbocycles. The normalized spacial score (nSPS) is 24.5. The molecule has 1 fully saturated rings. The van der Waals surface area contributed by atoms with E-state index in [1.807, 2.05) is 0 Å². The smallest absolute Gasteiger partial charge is 0.0389 e. The van der Waals surface area contributed by atoms with Gasteiger partial charge in [-0.25, -0.2) is 0 Å². The number of benzene rings is 1. The molecule has 1 atom stereocenters. The van der Waals surface area contributed by atoms with E-state index in [9.17, 15) is 0 Å². The molecule has 1 heterocycles. The molecule has 0 amide bonds. The molecule has 15 heavy (non-hydrogen) atoms. The molecule has 2 N–H and O–H groups in total. The molecule has 0 bridgehead atoms. The Kier molecular flexibility index (Phi) is 2.45. The lowest BCUT2D eigenvalue weighted by Gasteiger charge is -2.27. The first-order valence-corrected chi connectivity index (χ1v) is 6.41. The quantitative estimate of drug-likeness (QED) is 0.860. The lowest BCUT2D eigenvalue weighted by Crippen LogP contribution is -2.29. The second-order valence-corrected chi connectivity index (χ2v) is 5.36. The summed E-state index contributed by atoms with van der Waals surface area (Å²) in [7, 11) is 0. The third kappa shape index (κ3) is 2.04. The summed E-state index contributed by atoms with van der Waals surface area (Å²) >= 11 is 3.54. The number of halogens is 1. The Morgan fingerprint density at radius 2 is 2.13 bits per heavy atom. The minimum atomic E-state index is 0.547. The van der Waals surface area contributed by atoms with Gasteiger partial charge in [0.1, 0.15) is 0 Å². The fourth-order valence-corrected chi connectivity index (χ4v) is 2.58. The minimum Gasteiger partial charge on any atom is -0.385 e. The average Bonchev–Trinajstić information content (AvgIpc) is 3.03. The molecule has 3 rings (SSSR count). The monoisotopic (exact) mass is 266 g/mol. The number of anilines is 1. The average molecular weight is 267 g/mol. The van der Waals surface area contributed by atoms with Crippen LogP contribution < -0.4 is 10.6 Å². The van der Waals surface area contributed by atoms with Gasteiger partial charge in [0.05, 0.1) is 0 Å². The van der Waals surface area contributed by atoms with Crippen molar-refractivity contribution in [3.8, 4) is 0 Å². The Balaban J connectivity index is 1.89. The van der Waals surface area contributed by atoms with Crippen molar-refractivity contribution in [2.75, 3.05) is 11.9 Å². The van der Waals surface area contributed by atoms with Gasteiger partial charge in [-0.2, -0.15) is 0 Å². The Morgan fingerprint density at radius 3 is 2.93 bits per heavy atom. The van der Waals surface area contributed by atoms with E-state index in [1.165, 1.54) is 35.0 Å². The van der Waals surface area contributed by atoms with E-state index < -0.39 is 0 Å². The van der Waals surface area contributed by atoms with Crippen LogP contribution in [-0.2, 0) is 0 Å².